The van der Waals surface area contributed by atoms with Crippen LogP contribution in [-0.4, -0.2) is 31.3 Å². The number of hydrogen-bond donors (Lipinski definition) is 0. The molecular formula is C25H39BrO5. The highest BCUT2D eigenvalue weighted by molar-refractivity contribution is 9.08. The van der Waals surface area contributed by atoms with Crippen molar-refractivity contribution in [2.45, 2.75) is 95.9 Å². The Balaban J connectivity index is 2.07. The number of unbranched alkanes of at least 4 members (excludes halogenated alkanes) is 8. The number of methoxy groups -OCH3 is 1. The SMILES string of the molecule is COC(=O)c1cccc(OCCCCCCCCCCCC(=O)OC(C)(C)C)c1CBr. The Morgan fingerprint density at radius 1 is 0.903 bits per heavy atom. The van der Waals surface area contributed by atoms with Crippen LogP contribution in [0.5, 0.6) is 5.75 Å². The van der Waals surface area contributed by atoms with Gasteiger partial charge in [-0.1, -0.05) is 66.9 Å². The van der Waals surface area contributed by atoms with Crippen molar-refractivity contribution < 1.29 is 23.8 Å². The lowest BCUT2D eigenvalue weighted by molar-refractivity contribution is -0.154. The summed E-state index contributed by atoms with van der Waals surface area (Å²) in [5, 5.41) is 0.547. The number of hydrogen-bond acceptors (Lipinski definition) is 5. The van der Waals surface area contributed by atoms with E-state index in [1.165, 1.54) is 39.2 Å². The maximum absolute atomic E-state index is 11.9. The minimum Gasteiger partial charge on any atom is -0.493 e. The number of carbonyl (C=O) groups excluding carboxylic acids is 2. The maximum Gasteiger partial charge on any atom is 0.338 e. The number of halogens is 1. The molecule has 5 nitrogen and oxygen atoms in total. The summed E-state index contributed by atoms with van der Waals surface area (Å²) in [5.41, 5.74) is 0.995. The predicted octanol–water partition coefficient (Wildman–Crippen LogP) is 6.99. The van der Waals surface area contributed by atoms with Crippen LogP contribution in [0.1, 0.15) is 101 Å². The maximum atomic E-state index is 11.9. The van der Waals surface area contributed by atoms with Crippen molar-refractivity contribution in [2.75, 3.05) is 13.7 Å². The van der Waals surface area contributed by atoms with Crippen LogP contribution in [0.2, 0.25) is 0 Å². The molecule has 0 aliphatic heterocycles. The topological polar surface area (TPSA) is 61.8 Å². The molecule has 0 radical (unpaired) electrons. The molecule has 1 aromatic rings. The number of benzene rings is 1. The van der Waals surface area contributed by atoms with Gasteiger partial charge in [-0.25, -0.2) is 4.79 Å². The van der Waals surface area contributed by atoms with E-state index >= 15 is 0 Å². The van der Waals surface area contributed by atoms with E-state index in [1.54, 1.807) is 6.07 Å². The van der Waals surface area contributed by atoms with Crippen LogP contribution in [0.25, 0.3) is 0 Å². The Morgan fingerprint density at radius 3 is 2.03 bits per heavy atom. The Hall–Kier alpha value is -1.56. The molecule has 0 heterocycles. The molecule has 0 bridgehead atoms. The molecule has 0 fully saturated rings. The van der Waals surface area contributed by atoms with Crippen LogP contribution in [0, 0.1) is 0 Å². The van der Waals surface area contributed by atoms with Crippen molar-refractivity contribution in [3.63, 3.8) is 0 Å². The van der Waals surface area contributed by atoms with Gasteiger partial charge in [-0.3, -0.25) is 4.79 Å². The van der Waals surface area contributed by atoms with Crippen LogP contribution in [0.15, 0.2) is 18.2 Å². The Kier molecular flexibility index (Phi) is 13.5. The lowest BCUT2D eigenvalue weighted by Gasteiger charge is -2.19. The van der Waals surface area contributed by atoms with Gasteiger partial charge in [-0.05, 0) is 45.7 Å². The minimum absolute atomic E-state index is 0.0880. The van der Waals surface area contributed by atoms with Crippen LogP contribution < -0.4 is 4.74 Å². The number of rotatable bonds is 15. The van der Waals surface area contributed by atoms with Gasteiger partial charge in [0.15, 0.2) is 0 Å². The Bertz CT molecular complexity index is 666. The van der Waals surface area contributed by atoms with Gasteiger partial charge in [0.25, 0.3) is 0 Å². The van der Waals surface area contributed by atoms with Gasteiger partial charge < -0.3 is 14.2 Å². The molecule has 0 saturated heterocycles. The van der Waals surface area contributed by atoms with Crippen molar-refractivity contribution in [3.05, 3.63) is 29.3 Å². The molecule has 0 atom stereocenters. The van der Waals surface area contributed by atoms with Crippen LogP contribution in [-0.2, 0) is 19.6 Å². The lowest BCUT2D eigenvalue weighted by Crippen LogP contribution is -2.23. The second kappa shape index (κ2) is 15.3. The second-order valence-corrected chi connectivity index (χ2v) is 9.34. The number of esters is 2. The normalized spacial score (nSPS) is 11.3. The predicted molar refractivity (Wildman–Crippen MR) is 128 cm³/mol. The Morgan fingerprint density at radius 2 is 1.48 bits per heavy atom. The molecule has 0 amide bonds. The molecule has 0 unspecified atom stereocenters. The second-order valence-electron chi connectivity index (χ2n) is 8.77. The zero-order valence-corrected chi connectivity index (χ0v) is 21.2. The molecule has 0 N–H and O–H groups in total. The zero-order chi connectivity index (χ0) is 23.1. The minimum atomic E-state index is -0.384. The smallest absolute Gasteiger partial charge is 0.338 e. The largest absolute Gasteiger partial charge is 0.493 e. The first-order chi connectivity index (χ1) is 14.8. The van der Waals surface area contributed by atoms with Crippen molar-refractivity contribution in [3.8, 4) is 5.75 Å². The first-order valence-electron chi connectivity index (χ1n) is 11.4. The van der Waals surface area contributed by atoms with Crippen molar-refractivity contribution in [2.24, 2.45) is 0 Å². The monoisotopic (exact) mass is 498 g/mol. The zero-order valence-electron chi connectivity index (χ0n) is 19.6. The highest BCUT2D eigenvalue weighted by Crippen LogP contribution is 2.26. The molecular weight excluding hydrogens is 460 g/mol. The molecule has 1 aromatic carbocycles. The van der Waals surface area contributed by atoms with E-state index in [4.69, 9.17) is 14.2 Å². The van der Waals surface area contributed by atoms with Gasteiger partial charge >= 0.3 is 11.9 Å². The summed E-state index contributed by atoms with van der Waals surface area (Å²) >= 11 is 3.44. The van der Waals surface area contributed by atoms with E-state index in [0.29, 0.717) is 23.9 Å². The third kappa shape index (κ3) is 12.2. The van der Waals surface area contributed by atoms with Gasteiger partial charge in [-0.2, -0.15) is 0 Å². The third-order valence-electron chi connectivity index (χ3n) is 4.87. The van der Waals surface area contributed by atoms with E-state index in [-0.39, 0.29) is 17.5 Å². The molecule has 0 aromatic heterocycles. The fraction of sp³-hybridized carbons (Fsp3) is 0.680. The van der Waals surface area contributed by atoms with Crippen molar-refractivity contribution in [1.82, 2.24) is 0 Å². The van der Waals surface area contributed by atoms with E-state index in [9.17, 15) is 9.59 Å². The Labute approximate surface area is 196 Å². The van der Waals surface area contributed by atoms with Gasteiger partial charge in [0.05, 0.1) is 19.3 Å². The summed E-state index contributed by atoms with van der Waals surface area (Å²) in [4.78, 5) is 23.5. The van der Waals surface area contributed by atoms with E-state index in [0.717, 1.165) is 37.0 Å². The lowest BCUT2D eigenvalue weighted by atomic mass is 10.1. The number of alkyl halides is 1. The fourth-order valence-electron chi connectivity index (χ4n) is 3.32. The fourth-order valence-corrected chi connectivity index (χ4v) is 3.90. The summed E-state index contributed by atoms with van der Waals surface area (Å²) in [6.07, 6.45) is 10.7. The van der Waals surface area contributed by atoms with Gasteiger partial charge in [-0.15, -0.1) is 0 Å². The summed E-state index contributed by atoms with van der Waals surface area (Å²) in [5.74, 6) is 0.311. The standard InChI is InChI=1S/C25H39BrO5/c1-25(2,3)31-23(27)17-12-10-8-6-5-7-9-11-13-18-30-22-16-14-15-20(21(22)19-26)24(28)29-4/h14-16H,5-13,17-19H2,1-4H3. The van der Waals surface area contributed by atoms with Crippen LogP contribution in [0.3, 0.4) is 0 Å². The molecule has 0 spiro atoms. The summed E-state index contributed by atoms with van der Waals surface area (Å²) in [6, 6.07) is 5.47. The number of carbonyl (C=O) groups is 2. The van der Waals surface area contributed by atoms with Gasteiger partial charge in [0.1, 0.15) is 11.4 Å². The summed E-state index contributed by atoms with van der Waals surface area (Å²) in [7, 11) is 1.39. The van der Waals surface area contributed by atoms with Gasteiger partial charge in [0.2, 0.25) is 0 Å². The van der Waals surface area contributed by atoms with E-state index < -0.39 is 0 Å². The van der Waals surface area contributed by atoms with E-state index in [2.05, 4.69) is 15.9 Å². The molecule has 31 heavy (non-hydrogen) atoms. The van der Waals surface area contributed by atoms with Gasteiger partial charge in [0, 0.05) is 17.3 Å². The molecule has 176 valence electrons. The molecule has 6 heteroatoms. The van der Waals surface area contributed by atoms with Crippen LogP contribution in [0.4, 0.5) is 0 Å². The molecule has 1 rings (SSSR count). The molecule has 0 aliphatic rings. The first kappa shape index (κ1) is 27.5. The highest BCUT2D eigenvalue weighted by Gasteiger charge is 2.16. The third-order valence-corrected chi connectivity index (χ3v) is 5.44. The number of ether oxygens (including phenoxy) is 3. The average Bonchev–Trinajstić information content (AvgIpc) is 2.72. The molecule has 0 saturated carbocycles. The molecule has 0 aliphatic carbocycles. The van der Waals surface area contributed by atoms with Crippen molar-refractivity contribution >= 4 is 27.9 Å². The quantitative estimate of drug-likeness (QED) is 0.148. The summed E-state index contributed by atoms with van der Waals surface area (Å²) in [6.45, 7) is 6.36. The first-order valence-corrected chi connectivity index (χ1v) is 12.5. The van der Waals surface area contributed by atoms with Crippen molar-refractivity contribution in [1.29, 1.82) is 0 Å². The van der Waals surface area contributed by atoms with E-state index in [1.807, 2.05) is 32.9 Å². The average molecular weight is 499 g/mol. The highest BCUT2D eigenvalue weighted by atomic mass is 79.9. The van der Waals surface area contributed by atoms with Crippen LogP contribution >= 0.6 is 15.9 Å². The summed E-state index contributed by atoms with van der Waals surface area (Å²) < 4.78 is 16.1.